The van der Waals surface area contributed by atoms with E-state index in [2.05, 4.69) is 5.32 Å². The molecule has 0 amide bonds. The molecule has 2 atom stereocenters. The van der Waals surface area contributed by atoms with Gasteiger partial charge in [0.15, 0.2) is 9.84 Å². The molecule has 0 aromatic heterocycles. The van der Waals surface area contributed by atoms with Gasteiger partial charge in [-0.2, -0.15) is 0 Å². The van der Waals surface area contributed by atoms with Gasteiger partial charge in [0.05, 0.1) is 11.0 Å². The second kappa shape index (κ2) is 6.31. The number of benzene rings is 1. The van der Waals surface area contributed by atoms with Crippen LogP contribution in [0.15, 0.2) is 29.2 Å². The highest BCUT2D eigenvalue weighted by Crippen LogP contribution is 2.10. The van der Waals surface area contributed by atoms with Gasteiger partial charge in [0.1, 0.15) is 0 Å². The van der Waals surface area contributed by atoms with Crippen LogP contribution in [0.3, 0.4) is 0 Å². The number of sulfone groups is 1. The van der Waals surface area contributed by atoms with Crippen molar-refractivity contribution >= 4 is 9.84 Å². The summed E-state index contributed by atoms with van der Waals surface area (Å²) in [4.78, 5) is 0.336. The normalized spacial score (nSPS) is 15.3. The topological polar surface area (TPSA) is 66.4 Å². The Kier molecular flexibility index (Phi) is 5.31. The maximum Gasteiger partial charge on any atom is 0.175 e. The van der Waals surface area contributed by atoms with E-state index in [1.165, 1.54) is 6.26 Å². The van der Waals surface area contributed by atoms with Crippen LogP contribution >= 0.6 is 0 Å². The van der Waals surface area contributed by atoms with Gasteiger partial charge in [0, 0.05) is 18.8 Å². The molecule has 0 aliphatic heterocycles. The summed E-state index contributed by atoms with van der Waals surface area (Å²) < 4.78 is 22.6. The summed E-state index contributed by atoms with van der Waals surface area (Å²) in [5.74, 6) is 0. The molecule has 4 nitrogen and oxygen atoms in total. The van der Waals surface area contributed by atoms with Gasteiger partial charge in [-0.1, -0.05) is 12.1 Å². The minimum Gasteiger partial charge on any atom is -0.393 e. The Morgan fingerprint density at radius 3 is 2.22 bits per heavy atom. The van der Waals surface area contributed by atoms with E-state index >= 15 is 0 Å². The minimum absolute atomic E-state index is 0.222. The fraction of sp³-hybridized carbons (Fsp3) is 0.538. The monoisotopic (exact) mass is 271 g/mol. The molecule has 18 heavy (non-hydrogen) atoms. The standard InChI is InChI=1S/C13H21NO3S/c1-10(8-11(2)15)14-9-12-4-6-13(7-5-12)18(3,16)17/h4-7,10-11,14-15H,8-9H2,1-3H3. The maximum atomic E-state index is 11.3. The van der Waals surface area contributed by atoms with E-state index in [1.807, 2.05) is 6.92 Å². The van der Waals surface area contributed by atoms with Crippen molar-refractivity contribution in [2.24, 2.45) is 0 Å². The van der Waals surface area contributed by atoms with Gasteiger partial charge in [-0.05, 0) is 38.0 Å². The zero-order chi connectivity index (χ0) is 13.8. The summed E-state index contributed by atoms with van der Waals surface area (Å²) in [5.41, 5.74) is 1.03. The summed E-state index contributed by atoms with van der Waals surface area (Å²) in [6.07, 6.45) is 1.58. The predicted octanol–water partition coefficient (Wildman–Crippen LogP) is 1.34. The van der Waals surface area contributed by atoms with Gasteiger partial charge < -0.3 is 10.4 Å². The van der Waals surface area contributed by atoms with E-state index in [0.29, 0.717) is 17.9 Å². The first-order chi connectivity index (χ1) is 8.29. The quantitative estimate of drug-likeness (QED) is 0.819. The lowest BCUT2D eigenvalue weighted by Gasteiger charge is -2.15. The third-order valence-corrected chi connectivity index (χ3v) is 3.83. The van der Waals surface area contributed by atoms with Crippen LogP contribution in [0.5, 0.6) is 0 Å². The lowest BCUT2D eigenvalue weighted by molar-refractivity contribution is 0.170. The molecule has 5 heteroatoms. The Labute approximate surface area is 109 Å². The molecule has 1 aromatic carbocycles. The third kappa shape index (κ3) is 5.16. The molecule has 102 valence electrons. The molecular weight excluding hydrogens is 250 g/mol. The molecule has 0 aliphatic carbocycles. The van der Waals surface area contributed by atoms with Gasteiger partial charge in [-0.15, -0.1) is 0 Å². The van der Waals surface area contributed by atoms with Gasteiger partial charge >= 0.3 is 0 Å². The molecule has 1 rings (SSSR count). The number of hydrogen-bond acceptors (Lipinski definition) is 4. The number of hydrogen-bond donors (Lipinski definition) is 2. The smallest absolute Gasteiger partial charge is 0.175 e. The van der Waals surface area contributed by atoms with E-state index in [-0.39, 0.29) is 12.1 Å². The molecule has 0 radical (unpaired) electrons. The first-order valence-electron chi connectivity index (χ1n) is 5.99. The van der Waals surface area contributed by atoms with Crippen LogP contribution in [0.25, 0.3) is 0 Å². The Morgan fingerprint density at radius 2 is 1.78 bits per heavy atom. The number of rotatable bonds is 6. The van der Waals surface area contributed by atoms with Crippen LogP contribution in [0.1, 0.15) is 25.8 Å². The first kappa shape index (κ1) is 15.1. The molecule has 0 saturated heterocycles. The minimum atomic E-state index is -3.12. The first-order valence-corrected chi connectivity index (χ1v) is 7.88. The highest BCUT2D eigenvalue weighted by molar-refractivity contribution is 7.90. The van der Waals surface area contributed by atoms with Crippen molar-refractivity contribution in [1.82, 2.24) is 5.32 Å². The van der Waals surface area contributed by atoms with Crippen molar-refractivity contribution in [3.63, 3.8) is 0 Å². The van der Waals surface area contributed by atoms with Crippen LogP contribution < -0.4 is 5.32 Å². The third-order valence-electron chi connectivity index (χ3n) is 2.70. The highest BCUT2D eigenvalue weighted by Gasteiger charge is 2.07. The molecule has 0 fully saturated rings. The lowest BCUT2D eigenvalue weighted by Crippen LogP contribution is -2.28. The number of aliphatic hydroxyl groups is 1. The molecule has 0 spiro atoms. The fourth-order valence-electron chi connectivity index (χ4n) is 1.74. The molecular formula is C13H21NO3S. The number of nitrogens with one attached hydrogen (secondary N) is 1. The van der Waals surface area contributed by atoms with Crippen molar-refractivity contribution in [3.8, 4) is 0 Å². The van der Waals surface area contributed by atoms with E-state index in [1.54, 1.807) is 31.2 Å². The average molecular weight is 271 g/mol. The van der Waals surface area contributed by atoms with Crippen LogP contribution in [0.4, 0.5) is 0 Å². The predicted molar refractivity (Wildman–Crippen MR) is 72.2 cm³/mol. The van der Waals surface area contributed by atoms with Gasteiger partial charge in [0.2, 0.25) is 0 Å². The summed E-state index contributed by atoms with van der Waals surface area (Å²) in [6, 6.07) is 7.06. The average Bonchev–Trinajstić information content (AvgIpc) is 2.25. The van der Waals surface area contributed by atoms with Gasteiger partial charge in [0.25, 0.3) is 0 Å². The number of aliphatic hydroxyl groups excluding tert-OH is 1. The van der Waals surface area contributed by atoms with Gasteiger partial charge in [-0.25, -0.2) is 8.42 Å². The van der Waals surface area contributed by atoms with Crippen molar-refractivity contribution < 1.29 is 13.5 Å². The second-order valence-electron chi connectivity index (χ2n) is 4.78. The zero-order valence-electron chi connectivity index (χ0n) is 11.1. The van der Waals surface area contributed by atoms with Crippen LogP contribution in [0, 0.1) is 0 Å². The van der Waals surface area contributed by atoms with Crippen LogP contribution in [-0.2, 0) is 16.4 Å². The van der Waals surface area contributed by atoms with Crippen molar-refractivity contribution in [2.75, 3.05) is 6.26 Å². The van der Waals surface area contributed by atoms with Crippen molar-refractivity contribution in [3.05, 3.63) is 29.8 Å². The largest absolute Gasteiger partial charge is 0.393 e. The van der Waals surface area contributed by atoms with E-state index in [9.17, 15) is 13.5 Å². The molecule has 1 aromatic rings. The van der Waals surface area contributed by atoms with Crippen molar-refractivity contribution in [1.29, 1.82) is 0 Å². The summed E-state index contributed by atoms with van der Waals surface area (Å²) >= 11 is 0. The Bertz CT molecular complexity index is 466. The summed E-state index contributed by atoms with van der Waals surface area (Å²) in [6.45, 7) is 4.44. The summed E-state index contributed by atoms with van der Waals surface area (Å²) in [7, 11) is -3.12. The molecule has 0 bridgehead atoms. The van der Waals surface area contributed by atoms with Crippen LogP contribution in [0.2, 0.25) is 0 Å². The van der Waals surface area contributed by atoms with E-state index in [0.717, 1.165) is 5.56 Å². The summed E-state index contributed by atoms with van der Waals surface area (Å²) in [5, 5.41) is 12.5. The Balaban J connectivity index is 2.55. The highest BCUT2D eigenvalue weighted by atomic mass is 32.2. The van der Waals surface area contributed by atoms with E-state index < -0.39 is 9.84 Å². The zero-order valence-corrected chi connectivity index (χ0v) is 11.9. The molecule has 0 saturated carbocycles. The molecule has 0 heterocycles. The second-order valence-corrected chi connectivity index (χ2v) is 6.80. The van der Waals surface area contributed by atoms with Gasteiger partial charge in [-0.3, -0.25) is 0 Å². The molecule has 0 aliphatic rings. The van der Waals surface area contributed by atoms with Crippen LogP contribution in [-0.4, -0.2) is 31.9 Å². The Morgan fingerprint density at radius 1 is 1.22 bits per heavy atom. The SMILES string of the molecule is CC(O)CC(C)NCc1ccc(S(C)(=O)=O)cc1. The fourth-order valence-corrected chi connectivity index (χ4v) is 2.37. The molecule has 2 N–H and O–H groups in total. The molecule has 2 unspecified atom stereocenters. The van der Waals surface area contributed by atoms with Crippen molar-refractivity contribution in [2.45, 2.75) is 43.9 Å². The van der Waals surface area contributed by atoms with E-state index in [4.69, 9.17) is 0 Å². The Hall–Kier alpha value is -0.910. The lowest BCUT2D eigenvalue weighted by atomic mass is 10.1. The maximum absolute atomic E-state index is 11.3.